The van der Waals surface area contributed by atoms with Gasteiger partial charge in [0.15, 0.2) is 0 Å². The Bertz CT molecular complexity index is 319. The zero-order valence-corrected chi connectivity index (χ0v) is 8.23. The molecule has 0 radical (unpaired) electrons. The van der Waals surface area contributed by atoms with Crippen molar-refractivity contribution in [3.8, 4) is 5.75 Å². The van der Waals surface area contributed by atoms with Gasteiger partial charge in [-0.15, -0.1) is 0 Å². The van der Waals surface area contributed by atoms with Gasteiger partial charge in [-0.3, -0.25) is 0 Å². The third kappa shape index (κ3) is 1.82. The topological polar surface area (TPSA) is 24.5 Å². The lowest BCUT2D eigenvalue weighted by atomic mass is 10.2. The molecule has 0 amide bonds. The van der Waals surface area contributed by atoms with Crippen molar-refractivity contribution in [3.63, 3.8) is 0 Å². The van der Waals surface area contributed by atoms with E-state index in [1.54, 1.807) is 7.11 Å². The quantitative estimate of drug-likeness (QED) is 0.766. The Morgan fingerprint density at radius 2 is 2.07 bits per heavy atom. The molecule has 3 nitrogen and oxygen atoms in total. The first kappa shape index (κ1) is 8.94. The van der Waals surface area contributed by atoms with Gasteiger partial charge in [-0.1, -0.05) is 0 Å². The summed E-state index contributed by atoms with van der Waals surface area (Å²) in [6.07, 6.45) is 4.01. The highest BCUT2D eigenvalue weighted by Crippen LogP contribution is 2.19. The van der Waals surface area contributed by atoms with E-state index in [0.717, 1.165) is 18.8 Å². The van der Waals surface area contributed by atoms with Crippen molar-refractivity contribution in [3.05, 3.63) is 36.7 Å². The van der Waals surface area contributed by atoms with Crippen LogP contribution >= 0.6 is 0 Å². The zero-order chi connectivity index (χ0) is 9.80. The smallest absolute Gasteiger partial charge is 0.119 e. The lowest BCUT2D eigenvalue weighted by molar-refractivity contribution is 0.415. The van der Waals surface area contributed by atoms with Crippen LogP contribution in [0.3, 0.4) is 0 Å². The van der Waals surface area contributed by atoms with E-state index >= 15 is 0 Å². The average molecular weight is 190 g/mol. The molecule has 1 aromatic rings. The second kappa shape index (κ2) is 4.05. The molecule has 0 fully saturated rings. The molecule has 14 heavy (non-hydrogen) atoms. The van der Waals surface area contributed by atoms with Gasteiger partial charge in [-0.05, 0) is 24.3 Å². The summed E-state index contributed by atoms with van der Waals surface area (Å²) in [4.78, 5) is 2.20. The van der Waals surface area contributed by atoms with Crippen LogP contribution < -0.4 is 15.0 Å². The fraction of sp³-hybridized carbons (Fsp3) is 0.273. The molecule has 1 N–H and O–H groups in total. The minimum atomic E-state index is 0.896. The van der Waals surface area contributed by atoms with Crippen molar-refractivity contribution in [1.29, 1.82) is 0 Å². The number of rotatable bonds is 2. The number of nitrogens with zero attached hydrogens (tertiary/aromatic N) is 1. The van der Waals surface area contributed by atoms with Crippen LogP contribution in [0.4, 0.5) is 5.69 Å². The molecule has 0 aliphatic carbocycles. The number of benzene rings is 1. The van der Waals surface area contributed by atoms with Crippen molar-refractivity contribution < 1.29 is 4.74 Å². The van der Waals surface area contributed by atoms with E-state index in [0.29, 0.717) is 0 Å². The summed E-state index contributed by atoms with van der Waals surface area (Å²) < 4.78 is 5.11. The second-order valence-electron chi connectivity index (χ2n) is 3.16. The molecule has 2 rings (SSSR count). The molecular formula is C11H14N2O. The maximum absolute atomic E-state index is 5.11. The fourth-order valence-corrected chi connectivity index (χ4v) is 1.47. The summed E-state index contributed by atoms with van der Waals surface area (Å²) >= 11 is 0. The fourth-order valence-electron chi connectivity index (χ4n) is 1.47. The molecule has 0 bridgehead atoms. The Morgan fingerprint density at radius 1 is 1.29 bits per heavy atom. The van der Waals surface area contributed by atoms with E-state index in [2.05, 4.69) is 22.3 Å². The monoisotopic (exact) mass is 190 g/mol. The van der Waals surface area contributed by atoms with Crippen molar-refractivity contribution >= 4 is 5.69 Å². The molecular weight excluding hydrogens is 176 g/mol. The van der Waals surface area contributed by atoms with Crippen LogP contribution in [0.15, 0.2) is 36.7 Å². The van der Waals surface area contributed by atoms with Crippen LogP contribution in [0.2, 0.25) is 0 Å². The number of methoxy groups -OCH3 is 1. The molecule has 3 heteroatoms. The number of anilines is 1. The third-order valence-corrected chi connectivity index (χ3v) is 2.27. The summed E-state index contributed by atoms with van der Waals surface area (Å²) in [6.45, 7) is 1.99. The molecule has 0 saturated heterocycles. The van der Waals surface area contributed by atoms with Gasteiger partial charge in [0, 0.05) is 31.2 Å². The Labute approximate surface area is 84.0 Å². The van der Waals surface area contributed by atoms with Crippen LogP contribution in [0.5, 0.6) is 5.75 Å². The van der Waals surface area contributed by atoms with Gasteiger partial charge in [-0.25, -0.2) is 0 Å². The molecule has 1 aliphatic heterocycles. The minimum Gasteiger partial charge on any atom is -0.497 e. The van der Waals surface area contributed by atoms with Crippen molar-refractivity contribution in [2.45, 2.75) is 0 Å². The normalized spacial score (nSPS) is 15.1. The zero-order valence-electron chi connectivity index (χ0n) is 8.23. The number of hydrogen-bond donors (Lipinski definition) is 1. The predicted octanol–water partition coefficient (Wildman–Crippen LogP) is 1.58. The minimum absolute atomic E-state index is 0.896. The molecule has 74 valence electrons. The Morgan fingerprint density at radius 3 is 2.64 bits per heavy atom. The molecule has 1 aromatic carbocycles. The predicted molar refractivity (Wildman–Crippen MR) is 57.5 cm³/mol. The molecule has 1 aliphatic rings. The van der Waals surface area contributed by atoms with Gasteiger partial charge in [0.05, 0.1) is 7.11 Å². The summed E-state index contributed by atoms with van der Waals surface area (Å²) in [5.41, 5.74) is 1.20. The lowest BCUT2D eigenvalue weighted by Gasteiger charge is -2.24. The van der Waals surface area contributed by atoms with Crippen molar-refractivity contribution in [2.24, 2.45) is 0 Å². The van der Waals surface area contributed by atoms with E-state index in [-0.39, 0.29) is 0 Å². The summed E-state index contributed by atoms with van der Waals surface area (Å²) in [5.74, 6) is 0.896. The average Bonchev–Trinajstić information content (AvgIpc) is 2.30. The SMILES string of the molecule is COc1ccc(N2C=CNCC2)cc1. The lowest BCUT2D eigenvalue weighted by Crippen LogP contribution is -2.30. The van der Waals surface area contributed by atoms with Gasteiger partial charge in [0.2, 0.25) is 0 Å². The first-order valence-electron chi connectivity index (χ1n) is 4.71. The highest BCUT2D eigenvalue weighted by Gasteiger charge is 2.05. The third-order valence-electron chi connectivity index (χ3n) is 2.27. The number of hydrogen-bond acceptors (Lipinski definition) is 3. The Kier molecular flexibility index (Phi) is 2.58. The van der Waals surface area contributed by atoms with Crippen LogP contribution in [-0.2, 0) is 0 Å². The van der Waals surface area contributed by atoms with Crippen LogP contribution in [0.25, 0.3) is 0 Å². The van der Waals surface area contributed by atoms with Gasteiger partial charge in [0.1, 0.15) is 5.75 Å². The molecule has 0 unspecified atom stereocenters. The highest BCUT2D eigenvalue weighted by atomic mass is 16.5. The molecule has 0 aromatic heterocycles. The van der Waals surface area contributed by atoms with Crippen LogP contribution in [0, 0.1) is 0 Å². The van der Waals surface area contributed by atoms with Crippen LogP contribution in [-0.4, -0.2) is 20.2 Å². The molecule has 0 atom stereocenters. The Balaban J connectivity index is 2.15. The molecule has 0 spiro atoms. The summed E-state index contributed by atoms with van der Waals surface area (Å²) in [6, 6.07) is 8.08. The van der Waals surface area contributed by atoms with Gasteiger partial charge in [0.25, 0.3) is 0 Å². The van der Waals surface area contributed by atoms with E-state index in [9.17, 15) is 0 Å². The first-order valence-corrected chi connectivity index (χ1v) is 4.71. The van der Waals surface area contributed by atoms with Crippen LogP contribution in [0.1, 0.15) is 0 Å². The summed E-state index contributed by atoms with van der Waals surface area (Å²) in [7, 11) is 1.68. The Hall–Kier alpha value is -1.64. The first-order chi connectivity index (χ1) is 6.90. The van der Waals surface area contributed by atoms with Gasteiger partial charge < -0.3 is 15.0 Å². The highest BCUT2D eigenvalue weighted by molar-refractivity contribution is 5.51. The number of ether oxygens (including phenoxy) is 1. The maximum Gasteiger partial charge on any atom is 0.119 e. The number of nitrogens with one attached hydrogen (secondary N) is 1. The maximum atomic E-state index is 5.11. The van der Waals surface area contributed by atoms with E-state index in [4.69, 9.17) is 4.74 Å². The van der Waals surface area contributed by atoms with Gasteiger partial charge in [-0.2, -0.15) is 0 Å². The largest absolute Gasteiger partial charge is 0.497 e. The van der Waals surface area contributed by atoms with E-state index in [1.807, 2.05) is 24.5 Å². The second-order valence-corrected chi connectivity index (χ2v) is 3.16. The van der Waals surface area contributed by atoms with E-state index in [1.165, 1.54) is 5.69 Å². The standard InChI is InChI=1S/C11H14N2O/c1-14-11-4-2-10(3-5-11)13-8-6-12-7-9-13/h2-6,8,12H,7,9H2,1H3. The van der Waals surface area contributed by atoms with E-state index < -0.39 is 0 Å². The molecule has 0 saturated carbocycles. The van der Waals surface area contributed by atoms with Crippen molar-refractivity contribution in [2.75, 3.05) is 25.1 Å². The van der Waals surface area contributed by atoms with Crippen molar-refractivity contribution in [1.82, 2.24) is 5.32 Å². The molecule has 1 heterocycles. The van der Waals surface area contributed by atoms with Gasteiger partial charge >= 0.3 is 0 Å². The summed E-state index contributed by atoms with van der Waals surface area (Å²) in [5, 5.41) is 3.16.